The maximum atomic E-state index is 11.0. The Kier molecular flexibility index (Phi) is 1.81. The molecule has 15 heavy (non-hydrogen) atoms. The Labute approximate surface area is 88.1 Å². The maximum absolute atomic E-state index is 11.0. The fraction of sp³-hybridized carbons (Fsp3) is 0.500. The van der Waals surface area contributed by atoms with Crippen molar-refractivity contribution in [1.82, 2.24) is 4.98 Å². The molecule has 1 unspecified atom stereocenters. The van der Waals surface area contributed by atoms with Crippen LogP contribution in [0.15, 0.2) is 6.07 Å². The van der Waals surface area contributed by atoms with Crippen molar-refractivity contribution < 1.29 is 9.90 Å². The van der Waals surface area contributed by atoms with Gasteiger partial charge in [-0.25, -0.2) is 0 Å². The van der Waals surface area contributed by atoms with Crippen LogP contribution in [-0.4, -0.2) is 16.1 Å². The van der Waals surface area contributed by atoms with Crippen LogP contribution in [0.5, 0.6) is 0 Å². The molecule has 1 aromatic rings. The van der Waals surface area contributed by atoms with Gasteiger partial charge in [0.25, 0.3) is 0 Å². The van der Waals surface area contributed by atoms with Crippen molar-refractivity contribution in [2.24, 2.45) is 0 Å². The lowest BCUT2D eigenvalue weighted by Gasteiger charge is -2.07. The molecule has 0 aromatic carbocycles. The van der Waals surface area contributed by atoms with Gasteiger partial charge >= 0.3 is 5.97 Å². The first-order chi connectivity index (χ1) is 7.25. The largest absolute Gasteiger partial charge is 0.481 e. The molecule has 0 radical (unpaired) electrons. The van der Waals surface area contributed by atoms with Crippen LogP contribution >= 0.6 is 0 Å². The lowest BCUT2D eigenvalue weighted by Crippen LogP contribution is -2.10. The van der Waals surface area contributed by atoms with Gasteiger partial charge < -0.3 is 5.11 Å². The average Bonchev–Trinajstić information content (AvgIpc) is 2.77. The van der Waals surface area contributed by atoms with Crippen molar-refractivity contribution in [3.63, 3.8) is 0 Å². The van der Waals surface area contributed by atoms with Crippen LogP contribution in [0.3, 0.4) is 0 Å². The molecule has 3 rings (SSSR count). The Morgan fingerprint density at radius 3 is 3.00 bits per heavy atom. The lowest BCUT2D eigenvalue weighted by atomic mass is 10.1. The minimum atomic E-state index is -0.723. The fourth-order valence-electron chi connectivity index (χ4n) is 2.71. The predicted molar refractivity (Wildman–Crippen MR) is 55.0 cm³/mol. The van der Waals surface area contributed by atoms with Gasteiger partial charge in [-0.2, -0.15) is 0 Å². The summed E-state index contributed by atoms with van der Waals surface area (Å²) in [4.78, 5) is 15.6. The summed E-state index contributed by atoms with van der Waals surface area (Å²) in [6.45, 7) is 0. The van der Waals surface area contributed by atoms with E-state index in [0.29, 0.717) is 0 Å². The summed E-state index contributed by atoms with van der Waals surface area (Å²) < 4.78 is 0. The van der Waals surface area contributed by atoms with Crippen molar-refractivity contribution in [1.29, 1.82) is 0 Å². The molecule has 0 saturated heterocycles. The second kappa shape index (κ2) is 3.05. The van der Waals surface area contributed by atoms with E-state index in [1.807, 2.05) is 0 Å². The Bertz CT molecular complexity index is 439. The van der Waals surface area contributed by atoms with E-state index in [1.54, 1.807) is 0 Å². The number of pyridine rings is 1. The summed E-state index contributed by atoms with van der Waals surface area (Å²) in [5.74, 6) is -1.08. The molecule has 0 spiro atoms. The van der Waals surface area contributed by atoms with E-state index in [2.05, 4.69) is 11.1 Å². The Morgan fingerprint density at radius 2 is 2.20 bits per heavy atom. The van der Waals surface area contributed by atoms with E-state index in [9.17, 15) is 4.79 Å². The third-order valence-electron chi connectivity index (χ3n) is 3.49. The number of aromatic nitrogens is 1. The normalized spacial score (nSPS) is 22.5. The van der Waals surface area contributed by atoms with Gasteiger partial charge in [-0.15, -0.1) is 0 Å². The smallest absolute Gasteiger partial charge is 0.312 e. The predicted octanol–water partition coefficient (Wildman–Crippen LogP) is 1.68. The maximum Gasteiger partial charge on any atom is 0.312 e. The number of aliphatic carboxylic acids is 1. The number of carboxylic acids is 1. The van der Waals surface area contributed by atoms with Crippen molar-refractivity contribution in [2.75, 3.05) is 0 Å². The van der Waals surface area contributed by atoms with E-state index >= 15 is 0 Å². The van der Waals surface area contributed by atoms with Crippen molar-refractivity contribution >= 4 is 5.97 Å². The number of rotatable bonds is 1. The van der Waals surface area contributed by atoms with E-state index in [1.165, 1.54) is 17.5 Å². The molecule has 3 heteroatoms. The zero-order valence-electron chi connectivity index (χ0n) is 8.49. The third kappa shape index (κ3) is 1.26. The van der Waals surface area contributed by atoms with Gasteiger partial charge in [0.05, 0.1) is 11.6 Å². The van der Waals surface area contributed by atoms with Gasteiger partial charge in [0.2, 0.25) is 0 Å². The Morgan fingerprint density at radius 1 is 1.33 bits per heavy atom. The average molecular weight is 203 g/mol. The molecule has 3 nitrogen and oxygen atoms in total. The van der Waals surface area contributed by atoms with Gasteiger partial charge in [0.1, 0.15) is 0 Å². The highest BCUT2D eigenvalue weighted by atomic mass is 16.4. The summed E-state index contributed by atoms with van der Waals surface area (Å²) in [5.41, 5.74) is 4.49. The minimum Gasteiger partial charge on any atom is -0.481 e. The van der Waals surface area contributed by atoms with Crippen molar-refractivity contribution in [2.45, 2.75) is 38.0 Å². The van der Waals surface area contributed by atoms with Gasteiger partial charge in [-0.1, -0.05) is 6.07 Å². The van der Waals surface area contributed by atoms with Crippen LogP contribution in [0, 0.1) is 0 Å². The fourth-order valence-corrected chi connectivity index (χ4v) is 2.71. The van der Waals surface area contributed by atoms with Crippen LogP contribution in [0.4, 0.5) is 0 Å². The molecule has 1 N–H and O–H groups in total. The molecule has 1 heterocycles. The number of fused-ring (bicyclic) bond motifs is 2. The molecule has 78 valence electrons. The summed E-state index contributed by atoms with van der Waals surface area (Å²) >= 11 is 0. The highest BCUT2D eigenvalue weighted by Gasteiger charge is 2.31. The molecule has 0 bridgehead atoms. The molecule has 0 amide bonds. The molecular formula is C12H13NO2. The zero-order chi connectivity index (χ0) is 10.4. The summed E-state index contributed by atoms with van der Waals surface area (Å²) in [7, 11) is 0. The molecule has 2 aliphatic carbocycles. The molecule has 1 aromatic heterocycles. The topological polar surface area (TPSA) is 50.2 Å². The quantitative estimate of drug-likeness (QED) is 0.755. The number of carbonyl (C=O) groups is 1. The number of hydrogen-bond acceptors (Lipinski definition) is 2. The first kappa shape index (κ1) is 8.89. The molecule has 1 atom stereocenters. The van der Waals surface area contributed by atoms with E-state index in [0.717, 1.165) is 37.1 Å². The summed E-state index contributed by atoms with van der Waals surface area (Å²) in [6.07, 6.45) is 4.92. The second-order valence-electron chi connectivity index (χ2n) is 4.42. The number of hydrogen-bond donors (Lipinski definition) is 1. The van der Waals surface area contributed by atoms with Crippen molar-refractivity contribution in [3.05, 3.63) is 28.6 Å². The van der Waals surface area contributed by atoms with Crippen LogP contribution in [0.1, 0.15) is 41.3 Å². The molecule has 2 aliphatic rings. The van der Waals surface area contributed by atoms with E-state index < -0.39 is 5.97 Å². The lowest BCUT2D eigenvalue weighted by molar-refractivity contribution is -0.138. The molecular weight excluding hydrogens is 190 g/mol. The van der Waals surface area contributed by atoms with Crippen LogP contribution in [0.25, 0.3) is 0 Å². The van der Waals surface area contributed by atoms with Gasteiger partial charge in [-0.3, -0.25) is 9.78 Å². The first-order valence-corrected chi connectivity index (χ1v) is 5.50. The van der Waals surface area contributed by atoms with E-state index in [4.69, 9.17) is 5.11 Å². The molecule has 0 fully saturated rings. The van der Waals surface area contributed by atoms with Crippen molar-refractivity contribution in [3.8, 4) is 0 Å². The number of nitrogens with zero attached hydrogens (tertiary/aromatic N) is 1. The second-order valence-corrected chi connectivity index (χ2v) is 4.42. The highest BCUT2D eigenvalue weighted by molar-refractivity contribution is 5.77. The SMILES string of the molecule is O=C(O)C1CCc2cc3c(nc21)CCC3. The van der Waals surface area contributed by atoms with E-state index in [-0.39, 0.29) is 5.92 Å². The third-order valence-corrected chi connectivity index (χ3v) is 3.49. The van der Waals surface area contributed by atoms with Gasteiger partial charge in [-0.05, 0) is 43.2 Å². The number of carboxylic acid groups (broad SMARTS) is 1. The zero-order valence-corrected chi connectivity index (χ0v) is 8.49. The molecule has 0 aliphatic heterocycles. The molecule has 0 saturated carbocycles. The standard InChI is InChI=1S/C12H13NO2/c14-12(15)9-5-4-8-6-7-2-1-3-10(7)13-11(8)9/h6,9H,1-5H2,(H,14,15). The summed E-state index contributed by atoms with van der Waals surface area (Å²) in [6, 6.07) is 2.19. The summed E-state index contributed by atoms with van der Waals surface area (Å²) in [5, 5.41) is 9.07. The minimum absolute atomic E-state index is 0.356. The first-order valence-electron chi connectivity index (χ1n) is 5.50. The van der Waals surface area contributed by atoms with Crippen LogP contribution in [0.2, 0.25) is 0 Å². The number of aryl methyl sites for hydroxylation is 3. The monoisotopic (exact) mass is 203 g/mol. The van der Waals surface area contributed by atoms with Gasteiger partial charge in [0, 0.05) is 5.69 Å². The Hall–Kier alpha value is -1.38. The van der Waals surface area contributed by atoms with Gasteiger partial charge in [0.15, 0.2) is 0 Å². The Balaban J connectivity index is 2.10. The van der Waals surface area contributed by atoms with Crippen LogP contribution in [-0.2, 0) is 24.1 Å². The van der Waals surface area contributed by atoms with Crippen LogP contribution < -0.4 is 0 Å². The highest BCUT2D eigenvalue weighted by Crippen LogP contribution is 2.34.